The first-order valence-corrected chi connectivity index (χ1v) is 6.22. The van der Waals surface area contributed by atoms with Crippen LogP contribution in [0.15, 0.2) is 24.3 Å². The van der Waals surface area contributed by atoms with Crippen LogP contribution in [-0.4, -0.2) is 24.9 Å². The lowest BCUT2D eigenvalue weighted by molar-refractivity contribution is -0.121. The van der Waals surface area contributed by atoms with Crippen molar-refractivity contribution in [2.24, 2.45) is 0 Å². The van der Waals surface area contributed by atoms with E-state index in [0.29, 0.717) is 24.5 Å². The number of hydrogen-bond donors (Lipinski definition) is 1. The van der Waals surface area contributed by atoms with Crippen molar-refractivity contribution in [3.8, 4) is 0 Å². The van der Waals surface area contributed by atoms with Crippen molar-refractivity contribution in [3.05, 3.63) is 29.3 Å². The Labute approximate surface area is 112 Å². The van der Waals surface area contributed by atoms with Crippen molar-refractivity contribution in [2.45, 2.75) is 20.3 Å². The van der Waals surface area contributed by atoms with E-state index in [-0.39, 0.29) is 11.8 Å². The third kappa shape index (κ3) is 4.37. The summed E-state index contributed by atoms with van der Waals surface area (Å²) in [7, 11) is 0. The van der Waals surface area contributed by atoms with Crippen molar-refractivity contribution in [1.29, 1.82) is 0 Å². The van der Waals surface area contributed by atoms with Gasteiger partial charge in [0, 0.05) is 37.1 Å². The molecule has 1 rings (SSSR count). The van der Waals surface area contributed by atoms with E-state index in [4.69, 9.17) is 11.6 Å². The topological polar surface area (TPSA) is 49.4 Å². The average molecular weight is 269 g/mol. The van der Waals surface area contributed by atoms with Crippen LogP contribution in [0.4, 0.5) is 5.69 Å². The summed E-state index contributed by atoms with van der Waals surface area (Å²) in [5, 5.41) is 3.32. The first kappa shape index (κ1) is 14.5. The SMILES string of the molecule is CCC(=O)NCCN(C(C)=O)c1cccc(Cl)c1. The standard InChI is InChI=1S/C13H17ClN2O2/c1-3-13(18)15-7-8-16(10(2)17)12-6-4-5-11(14)9-12/h4-6,9H,3,7-8H2,1-2H3,(H,15,18). The van der Waals surface area contributed by atoms with E-state index in [1.807, 2.05) is 6.07 Å². The molecule has 0 unspecified atom stereocenters. The molecule has 0 atom stereocenters. The molecule has 5 heteroatoms. The summed E-state index contributed by atoms with van der Waals surface area (Å²) >= 11 is 5.89. The van der Waals surface area contributed by atoms with Gasteiger partial charge in [0.1, 0.15) is 0 Å². The second kappa shape index (κ2) is 7.01. The smallest absolute Gasteiger partial charge is 0.223 e. The second-order valence-corrected chi connectivity index (χ2v) is 4.29. The van der Waals surface area contributed by atoms with Crippen LogP contribution in [0.3, 0.4) is 0 Å². The molecule has 4 nitrogen and oxygen atoms in total. The number of nitrogens with zero attached hydrogens (tertiary/aromatic N) is 1. The van der Waals surface area contributed by atoms with Crippen molar-refractivity contribution in [2.75, 3.05) is 18.0 Å². The second-order valence-electron chi connectivity index (χ2n) is 3.85. The van der Waals surface area contributed by atoms with E-state index in [2.05, 4.69) is 5.32 Å². The minimum absolute atomic E-state index is 0.0235. The van der Waals surface area contributed by atoms with Crippen LogP contribution >= 0.6 is 11.6 Å². The van der Waals surface area contributed by atoms with Gasteiger partial charge < -0.3 is 10.2 Å². The number of amides is 2. The number of rotatable bonds is 5. The zero-order chi connectivity index (χ0) is 13.5. The lowest BCUT2D eigenvalue weighted by Gasteiger charge is -2.21. The molecule has 18 heavy (non-hydrogen) atoms. The fourth-order valence-corrected chi connectivity index (χ4v) is 1.73. The van der Waals surface area contributed by atoms with Crippen LogP contribution in [0.1, 0.15) is 20.3 Å². The van der Waals surface area contributed by atoms with Crippen LogP contribution in [0.5, 0.6) is 0 Å². The summed E-state index contributed by atoms with van der Waals surface area (Å²) in [6.07, 6.45) is 0.442. The molecule has 2 amide bonds. The van der Waals surface area contributed by atoms with Crippen LogP contribution in [0.2, 0.25) is 5.02 Å². The summed E-state index contributed by atoms with van der Waals surface area (Å²) in [4.78, 5) is 24.3. The van der Waals surface area contributed by atoms with Gasteiger partial charge in [0.05, 0.1) is 0 Å². The number of anilines is 1. The van der Waals surface area contributed by atoms with Gasteiger partial charge in [-0.15, -0.1) is 0 Å². The molecule has 1 aromatic carbocycles. The summed E-state index contributed by atoms with van der Waals surface area (Å²) < 4.78 is 0. The summed E-state index contributed by atoms with van der Waals surface area (Å²) in [5.41, 5.74) is 0.737. The van der Waals surface area contributed by atoms with Gasteiger partial charge in [-0.1, -0.05) is 24.6 Å². The lowest BCUT2D eigenvalue weighted by Crippen LogP contribution is -2.37. The monoisotopic (exact) mass is 268 g/mol. The molecular weight excluding hydrogens is 252 g/mol. The molecule has 0 aliphatic rings. The molecule has 0 heterocycles. The number of nitrogens with one attached hydrogen (secondary N) is 1. The molecule has 0 saturated heterocycles. The van der Waals surface area contributed by atoms with Crippen LogP contribution in [0.25, 0.3) is 0 Å². The third-order valence-electron chi connectivity index (χ3n) is 2.48. The molecule has 0 aromatic heterocycles. The molecule has 1 N–H and O–H groups in total. The maximum atomic E-state index is 11.6. The van der Waals surface area contributed by atoms with Gasteiger partial charge in [0.15, 0.2) is 0 Å². The van der Waals surface area contributed by atoms with Gasteiger partial charge in [0.2, 0.25) is 11.8 Å². The normalized spacial score (nSPS) is 9.94. The van der Waals surface area contributed by atoms with Crippen LogP contribution in [0, 0.1) is 0 Å². The fraction of sp³-hybridized carbons (Fsp3) is 0.385. The predicted molar refractivity (Wildman–Crippen MR) is 72.8 cm³/mol. The molecule has 0 aliphatic heterocycles. The van der Waals surface area contributed by atoms with Gasteiger partial charge in [-0.25, -0.2) is 0 Å². The van der Waals surface area contributed by atoms with Crippen LogP contribution in [-0.2, 0) is 9.59 Å². The Balaban J connectivity index is 2.66. The number of carbonyl (C=O) groups is 2. The molecule has 0 fully saturated rings. The van der Waals surface area contributed by atoms with E-state index in [1.165, 1.54) is 6.92 Å². The third-order valence-corrected chi connectivity index (χ3v) is 2.71. The van der Waals surface area contributed by atoms with Crippen molar-refractivity contribution >= 4 is 29.1 Å². The van der Waals surface area contributed by atoms with Crippen molar-refractivity contribution < 1.29 is 9.59 Å². The van der Waals surface area contributed by atoms with Crippen molar-refractivity contribution in [3.63, 3.8) is 0 Å². The van der Waals surface area contributed by atoms with E-state index < -0.39 is 0 Å². The molecular formula is C13H17ClN2O2. The predicted octanol–water partition coefficient (Wildman–Crippen LogP) is 2.22. The minimum Gasteiger partial charge on any atom is -0.354 e. The van der Waals surface area contributed by atoms with Gasteiger partial charge in [-0.05, 0) is 18.2 Å². The quantitative estimate of drug-likeness (QED) is 0.890. The zero-order valence-corrected chi connectivity index (χ0v) is 11.3. The Morgan fingerprint density at radius 1 is 1.39 bits per heavy atom. The largest absolute Gasteiger partial charge is 0.354 e. The van der Waals surface area contributed by atoms with E-state index in [1.54, 1.807) is 30.0 Å². The zero-order valence-electron chi connectivity index (χ0n) is 10.6. The van der Waals surface area contributed by atoms with Gasteiger partial charge >= 0.3 is 0 Å². The molecule has 0 bridgehead atoms. The summed E-state index contributed by atoms with van der Waals surface area (Å²) in [6, 6.07) is 7.08. The maximum Gasteiger partial charge on any atom is 0.223 e. The highest BCUT2D eigenvalue weighted by Gasteiger charge is 2.11. The van der Waals surface area contributed by atoms with E-state index >= 15 is 0 Å². The van der Waals surface area contributed by atoms with E-state index in [9.17, 15) is 9.59 Å². The summed E-state index contributed by atoms with van der Waals surface area (Å²) in [6.45, 7) is 4.14. The molecule has 0 radical (unpaired) electrons. The fourth-order valence-electron chi connectivity index (χ4n) is 1.54. The molecule has 0 spiro atoms. The van der Waals surface area contributed by atoms with Gasteiger partial charge in [-0.3, -0.25) is 9.59 Å². The van der Waals surface area contributed by atoms with Gasteiger partial charge in [-0.2, -0.15) is 0 Å². The van der Waals surface area contributed by atoms with Crippen molar-refractivity contribution in [1.82, 2.24) is 5.32 Å². The highest BCUT2D eigenvalue weighted by atomic mass is 35.5. The number of hydrogen-bond acceptors (Lipinski definition) is 2. The molecule has 0 aliphatic carbocycles. The highest BCUT2D eigenvalue weighted by molar-refractivity contribution is 6.30. The number of benzene rings is 1. The first-order valence-electron chi connectivity index (χ1n) is 5.85. The van der Waals surface area contributed by atoms with E-state index in [0.717, 1.165) is 5.69 Å². The molecule has 0 saturated carbocycles. The number of halogens is 1. The highest BCUT2D eigenvalue weighted by Crippen LogP contribution is 2.19. The number of carbonyl (C=O) groups excluding carboxylic acids is 2. The Morgan fingerprint density at radius 2 is 2.11 bits per heavy atom. The minimum atomic E-state index is -0.0805. The average Bonchev–Trinajstić information content (AvgIpc) is 2.33. The maximum absolute atomic E-state index is 11.6. The van der Waals surface area contributed by atoms with Gasteiger partial charge in [0.25, 0.3) is 0 Å². The Hall–Kier alpha value is -1.55. The Bertz CT molecular complexity index is 435. The molecule has 98 valence electrons. The molecule has 1 aromatic rings. The van der Waals surface area contributed by atoms with Crippen LogP contribution < -0.4 is 10.2 Å². The Morgan fingerprint density at radius 3 is 2.67 bits per heavy atom. The first-order chi connectivity index (χ1) is 8.54. The Kier molecular flexibility index (Phi) is 5.65. The lowest BCUT2D eigenvalue weighted by atomic mass is 10.3. The summed E-state index contributed by atoms with van der Waals surface area (Å²) in [5.74, 6) is -0.104.